The largest absolute Gasteiger partial charge is 0.320 e. The van der Waals surface area contributed by atoms with Crippen LogP contribution in [-0.2, 0) is 0 Å². The molecule has 0 radical (unpaired) electrons. The first-order valence-corrected chi connectivity index (χ1v) is 8.63. The second-order valence-corrected chi connectivity index (χ2v) is 8.44. The summed E-state index contributed by atoms with van der Waals surface area (Å²) in [6, 6.07) is 7.96. The molecule has 1 nitrogen and oxygen atoms in total. The van der Waals surface area contributed by atoms with E-state index in [0.29, 0.717) is 0 Å². The highest BCUT2D eigenvalue weighted by atomic mass is 79.9. The first-order chi connectivity index (χ1) is 7.99. The van der Waals surface area contributed by atoms with E-state index in [9.17, 15) is 0 Å². The van der Waals surface area contributed by atoms with Gasteiger partial charge in [-0.3, -0.25) is 0 Å². The number of halogens is 4. The van der Waals surface area contributed by atoms with E-state index in [-0.39, 0.29) is 6.04 Å². The third-order valence-corrected chi connectivity index (χ3v) is 6.79. The highest BCUT2D eigenvalue weighted by Gasteiger charge is 2.16. The average Bonchev–Trinajstić information content (AvgIpc) is 2.58. The number of benzene rings is 1. The van der Waals surface area contributed by atoms with E-state index in [4.69, 9.17) is 5.73 Å². The fraction of sp³-hybridized carbons (Fsp3) is 0.0909. The highest BCUT2D eigenvalue weighted by molar-refractivity contribution is 9.13. The molecular formula is C11H7Br4NS. The Morgan fingerprint density at radius 3 is 2.24 bits per heavy atom. The number of rotatable bonds is 2. The summed E-state index contributed by atoms with van der Waals surface area (Å²) in [5, 5.41) is 0. The Morgan fingerprint density at radius 1 is 1.00 bits per heavy atom. The molecule has 0 fully saturated rings. The molecule has 0 aliphatic rings. The van der Waals surface area contributed by atoms with Crippen LogP contribution in [0.1, 0.15) is 16.5 Å². The lowest BCUT2D eigenvalue weighted by atomic mass is 10.1. The molecule has 1 aromatic heterocycles. The van der Waals surface area contributed by atoms with Gasteiger partial charge in [0, 0.05) is 18.3 Å². The maximum absolute atomic E-state index is 6.27. The first-order valence-electron chi connectivity index (χ1n) is 4.64. The Balaban J connectivity index is 2.39. The molecular weight excluding hydrogens is 498 g/mol. The van der Waals surface area contributed by atoms with Crippen molar-refractivity contribution >= 4 is 75.1 Å². The summed E-state index contributed by atoms with van der Waals surface area (Å²) in [6.07, 6.45) is 0. The van der Waals surface area contributed by atoms with Crippen LogP contribution in [0.2, 0.25) is 0 Å². The highest BCUT2D eigenvalue weighted by Crippen LogP contribution is 2.38. The van der Waals surface area contributed by atoms with Crippen LogP contribution in [0, 0.1) is 0 Å². The van der Waals surface area contributed by atoms with E-state index in [0.717, 1.165) is 27.6 Å². The number of hydrogen-bond acceptors (Lipinski definition) is 2. The summed E-state index contributed by atoms with van der Waals surface area (Å²) in [5.41, 5.74) is 7.35. The van der Waals surface area contributed by atoms with E-state index in [1.165, 1.54) is 0 Å². The quantitative estimate of drug-likeness (QED) is 0.546. The summed E-state index contributed by atoms with van der Waals surface area (Å²) >= 11 is 15.6. The van der Waals surface area contributed by atoms with Crippen molar-refractivity contribution in [2.75, 3.05) is 0 Å². The Bertz CT molecular complexity index is 533. The Morgan fingerprint density at radius 2 is 1.71 bits per heavy atom. The van der Waals surface area contributed by atoms with E-state index in [2.05, 4.69) is 63.7 Å². The molecule has 2 aromatic rings. The van der Waals surface area contributed by atoms with Gasteiger partial charge < -0.3 is 5.73 Å². The zero-order valence-corrected chi connectivity index (χ0v) is 15.5. The second kappa shape index (κ2) is 5.84. The zero-order valence-electron chi connectivity index (χ0n) is 8.38. The van der Waals surface area contributed by atoms with Crippen molar-refractivity contribution in [2.45, 2.75) is 6.04 Å². The van der Waals surface area contributed by atoms with Crippen LogP contribution >= 0.6 is 75.1 Å². The lowest BCUT2D eigenvalue weighted by molar-refractivity contribution is 0.886. The maximum atomic E-state index is 6.27. The Hall–Kier alpha value is 0.800. The number of nitrogens with two attached hydrogens (primary N) is 1. The molecule has 0 aliphatic heterocycles. The minimum absolute atomic E-state index is 0.120. The summed E-state index contributed by atoms with van der Waals surface area (Å²) < 4.78 is 4.16. The summed E-state index contributed by atoms with van der Waals surface area (Å²) in [7, 11) is 0. The lowest BCUT2D eigenvalue weighted by Gasteiger charge is -2.12. The van der Waals surface area contributed by atoms with Crippen LogP contribution in [-0.4, -0.2) is 0 Å². The fourth-order valence-electron chi connectivity index (χ4n) is 1.42. The minimum atomic E-state index is -0.120. The second-order valence-electron chi connectivity index (χ2n) is 3.41. The predicted octanol–water partition coefficient (Wildman–Crippen LogP) is 5.85. The van der Waals surface area contributed by atoms with E-state index >= 15 is 0 Å². The SMILES string of the molecule is NC(c1cc(Br)c(Br)s1)c1ccc(Br)cc1Br. The molecule has 17 heavy (non-hydrogen) atoms. The number of hydrogen-bond donors (Lipinski definition) is 1. The molecule has 1 unspecified atom stereocenters. The molecule has 0 amide bonds. The molecule has 1 heterocycles. The van der Waals surface area contributed by atoms with Crippen molar-refractivity contribution in [1.29, 1.82) is 0 Å². The zero-order chi connectivity index (χ0) is 12.6. The van der Waals surface area contributed by atoms with Crippen molar-refractivity contribution in [3.8, 4) is 0 Å². The van der Waals surface area contributed by atoms with Gasteiger partial charge in [0.25, 0.3) is 0 Å². The molecule has 0 bridgehead atoms. The van der Waals surface area contributed by atoms with Crippen molar-refractivity contribution in [1.82, 2.24) is 0 Å². The molecule has 2 N–H and O–H groups in total. The van der Waals surface area contributed by atoms with Gasteiger partial charge in [0.2, 0.25) is 0 Å². The summed E-state index contributed by atoms with van der Waals surface area (Å²) in [4.78, 5) is 1.12. The van der Waals surface area contributed by atoms with E-state index < -0.39 is 0 Å². The normalized spacial score (nSPS) is 12.8. The summed E-state index contributed by atoms with van der Waals surface area (Å²) in [5.74, 6) is 0. The van der Waals surface area contributed by atoms with Crippen molar-refractivity contribution in [2.24, 2.45) is 5.73 Å². The third-order valence-electron chi connectivity index (χ3n) is 2.27. The van der Waals surface area contributed by atoms with Crippen LogP contribution in [0.3, 0.4) is 0 Å². The smallest absolute Gasteiger partial charge is 0.0843 e. The van der Waals surface area contributed by atoms with Crippen LogP contribution < -0.4 is 5.73 Å². The van der Waals surface area contributed by atoms with Gasteiger partial charge in [-0.15, -0.1) is 11.3 Å². The molecule has 0 saturated heterocycles. The van der Waals surface area contributed by atoms with E-state index in [1.54, 1.807) is 11.3 Å². The molecule has 2 rings (SSSR count). The van der Waals surface area contributed by atoms with Gasteiger partial charge in [-0.1, -0.05) is 37.9 Å². The maximum Gasteiger partial charge on any atom is 0.0843 e. The Kier molecular flexibility index (Phi) is 4.88. The van der Waals surface area contributed by atoms with Crippen LogP contribution in [0.5, 0.6) is 0 Å². The molecule has 0 saturated carbocycles. The lowest BCUT2D eigenvalue weighted by Crippen LogP contribution is -2.10. The van der Waals surface area contributed by atoms with E-state index in [1.807, 2.05) is 24.3 Å². The third kappa shape index (κ3) is 3.22. The molecule has 1 aromatic carbocycles. The topological polar surface area (TPSA) is 26.0 Å². The van der Waals surface area contributed by atoms with Gasteiger partial charge >= 0.3 is 0 Å². The first kappa shape index (κ1) is 14.2. The van der Waals surface area contributed by atoms with Crippen LogP contribution in [0.25, 0.3) is 0 Å². The predicted molar refractivity (Wildman–Crippen MR) is 87.6 cm³/mol. The van der Waals surface area contributed by atoms with Crippen LogP contribution in [0.15, 0.2) is 41.5 Å². The summed E-state index contributed by atoms with van der Waals surface area (Å²) in [6.45, 7) is 0. The molecule has 90 valence electrons. The van der Waals surface area contributed by atoms with Gasteiger partial charge in [-0.2, -0.15) is 0 Å². The monoisotopic (exact) mass is 501 g/mol. The van der Waals surface area contributed by atoms with Gasteiger partial charge in [0.05, 0.1) is 9.83 Å². The molecule has 0 spiro atoms. The van der Waals surface area contributed by atoms with Crippen molar-refractivity contribution in [3.63, 3.8) is 0 Å². The fourth-order valence-corrected chi connectivity index (χ4v) is 4.83. The van der Waals surface area contributed by atoms with Gasteiger partial charge in [-0.25, -0.2) is 0 Å². The van der Waals surface area contributed by atoms with Crippen LogP contribution in [0.4, 0.5) is 0 Å². The standard InChI is InChI=1S/C11H7Br4NS/c12-5-1-2-6(7(13)3-5)10(16)9-4-8(14)11(15)17-9/h1-4,10H,16H2. The van der Waals surface area contributed by atoms with Gasteiger partial charge in [-0.05, 0) is 55.6 Å². The molecule has 0 aliphatic carbocycles. The molecule has 6 heteroatoms. The van der Waals surface area contributed by atoms with Gasteiger partial charge in [0.1, 0.15) is 0 Å². The molecule has 1 atom stereocenters. The Labute approximate surface area is 137 Å². The number of thiophene rings is 1. The minimum Gasteiger partial charge on any atom is -0.320 e. The van der Waals surface area contributed by atoms with Gasteiger partial charge in [0.15, 0.2) is 0 Å². The van der Waals surface area contributed by atoms with Crippen molar-refractivity contribution in [3.05, 3.63) is 51.9 Å². The average molecular weight is 505 g/mol. The van der Waals surface area contributed by atoms with Crippen molar-refractivity contribution < 1.29 is 0 Å².